The van der Waals surface area contributed by atoms with E-state index in [0.717, 1.165) is 30.5 Å². The van der Waals surface area contributed by atoms with Crippen molar-refractivity contribution in [2.75, 3.05) is 19.3 Å². The van der Waals surface area contributed by atoms with E-state index < -0.39 is 4.92 Å². The topological polar surface area (TPSA) is 72.4 Å². The summed E-state index contributed by atoms with van der Waals surface area (Å²) in [5.74, 6) is 1.62. The van der Waals surface area contributed by atoms with Gasteiger partial charge in [-0.2, -0.15) is 0 Å². The van der Waals surface area contributed by atoms with Crippen molar-refractivity contribution >= 4 is 11.4 Å². The lowest BCUT2D eigenvalue weighted by atomic mass is 10.1. The lowest BCUT2D eigenvalue weighted by Gasteiger charge is -2.16. The van der Waals surface area contributed by atoms with Gasteiger partial charge in [-0.1, -0.05) is 13.0 Å². The van der Waals surface area contributed by atoms with E-state index in [1.54, 1.807) is 12.1 Å². The van der Waals surface area contributed by atoms with Crippen molar-refractivity contribution in [2.24, 2.45) is 11.8 Å². The Labute approximate surface area is 107 Å². The molecule has 98 valence electrons. The van der Waals surface area contributed by atoms with Crippen LogP contribution < -0.4 is 5.73 Å². The fourth-order valence-electron chi connectivity index (χ4n) is 2.28. The van der Waals surface area contributed by atoms with Crippen molar-refractivity contribution in [2.45, 2.75) is 19.9 Å². The molecule has 2 N–H and O–H groups in total. The fourth-order valence-corrected chi connectivity index (χ4v) is 2.28. The Balaban J connectivity index is 2.00. The van der Waals surface area contributed by atoms with Crippen LogP contribution in [0.25, 0.3) is 0 Å². The van der Waals surface area contributed by atoms with E-state index in [2.05, 4.69) is 11.8 Å². The summed E-state index contributed by atoms with van der Waals surface area (Å²) in [5, 5.41) is 10.8. The number of hydrogen-bond acceptors (Lipinski definition) is 4. The molecule has 0 heterocycles. The molecule has 2 unspecified atom stereocenters. The van der Waals surface area contributed by atoms with Crippen LogP contribution in [0, 0.1) is 22.0 Å². The summed E-state index contributed by atoms with van der Waals surface area (Å²) in [5.41, 5.74) is 6.74. The molecule has 0 aliphatic heterocycles. The molecular weight excluding hydrogens is 230 g/mol. The molecule has 1 aliphatic rings. The molecule has 1 saturated carbocycles. The number of rotatable bonds is 5. The monoisotopic (exact) mass is 249 g/mol. The molecule has 1 aliphatic carbocycles. The SMILES string of the molecule is CC1CC1CN(C)Cc1ccc(N)c([N+](=O)[O-])c1. The molecule has 18 heavy (non-hydrogen) atoms. The summed E-state index contributed by atoms with van der Waals surface area (Å²) in [6.45, 7) is 4.04. The molecule has 0 saturated heterocycles. The molecule has 5 nitrogen and oxygen atoms in total. The largest absolute Gasteiger partial charge is 0.393 e. The molecule has 1 fully saturated rings. The average molecular weight is 249 g/mol. The van der Waals surface area contributed by atoms with Gasteiger partial charge in [-0.3, -0.25) is 10.1 Å². The molecule has 2 atom stereocenters. The molecule has 0 aromatic heterocycles. The highest BCUT2D eigenvalue weighted by Gasteiger charge is 2.33. The van der Waals surface area contributed by atoms with Gasteiger partial charge >= 0.3 is 0 Å². The van der Waals surface area contributed by atoms with E-state index in [9.17, 15) is 10.1 Å². The van der Waals surface area contributed by atoms with Crippen molar-refractivity contribution < 1.29 is 4.92 Å². The van der Waals surface area contributed by atoms with Crippen molar-refractivity contribution in [3.8, 4) is 0 Å². The molecule has 1 aromatic carbocycles. The summed E-state index contributed by atoms with van der Waals surface area (Å²) < 4.78 is 0. The number of benzene rings is 1. The van der Waals surface area contributed by atoms with Crippen LogP contribution >= 0.6 is 0 Å². The molecule has 0 radical (unpaired) electrons. The van der Waals surface area contributed by atoms with Crippen LogP contribution in [0.4, 0.5) is 11.4 Å². The maximum Gasteiger partial charge on any atom is 0.292 e. The van der Waals surface area contributed by atoms with Gasteiger partial charge in [-0.15, -0.1) is 0 Å². The number of nitro benzene ring substituents is 1. The molecule has 0 spiro atoms. The first kappa shape index (κ1) is 12.8. The van der Waals surface area contributed by atoms with Crippen LogP contribution in [0.5, 0.6) is 0 Å². The van der Waals surface area contributed by atoms with Gasteiger partial charge in [0.1, 0.15) is 5.69 Å². The maximum absolute atomic E-state index is 10.8. The predicted molar refractivity (Wildman–Crippen MR) is 71.1 cm³/mol. The van der Waals surface area contributed by atoms with Crippen LogP contribution in [0.2, 0.25) is 0 Å². The smallest absolute Gasteiger partial charge is 0.292 e. The second kappa shape index (κ2) is 4.94. The van der Waals surface area contributed by atoms with E-state index >= 15 is 0 Å². The van der Waals surface area contributed by atoms with Crippen molar-refractivity contribution in [3.63, 3.8) is 0 Å². The Hall–Kier alpha value is -1.62. The van der Waals surface area contributed by atoms with Gasteiger partial charge in [-0.25, -0.2) is 0 Å². The van der Waals surface area contributed by atoms with Crippen molar-refractivity contribution in [1.29, 1.82) is 0 Å². The first-order valence-electron chi connectivity index (χ1n) is 6.18. The molecule has 2 rings (SSSR count). The number of hydrogen-bond donors (Lipinski definition) is 1. The zero-order valence-electron chi connectivity index (χ0n) is 10.8. The van der Waals surface area contributed by atoms with Crippen molar-refractivity contribution in [3.05, 3.63) is 33.9 Å². The molecule has 0 amide bonds. The van der Waals surface area contributed by atoms with Crippen LogP contribution in [0.15, 0.2) is 18.2 Å². The summed E-state index contributed by atoms with van der Waals surface area (Å²) in [6.07, 6.45) is 1.30. The maximum atomic E-state index is 10.8. The van der Waals surface area contributed by atoms with Crippen molar-refractivity contribution in [1.82, 2.24) is 4.90 Å². The number of nitrogen functional groups attached to an aromatic ring is 1. The third kappa shape index (κ3) is 2.98. The van der Waals surface area contributed by atoms with Crippen LogP contribution in [-0.2, 0) is 6.54 Å². The summed E-state index contributed by atoms with van der Waals surface area (Å²) in [6, 6.07) is 5.04. The molecule has 0 bridgehead atoms. The zero-order valence-corrected chi connectivity index (χ0v) is 10.8. The summed E-state index contributed by atoms with van der Waals surface area (Å²) in [4.78, 5) is 12.6. The van der Waals surface area contributed by atoms with E-state index in [-0.39, 0.29) is 11.4 Å². The third-order valence-electron chi connectivity index (χ3n) is 3.57. The number of nitrogens with two attached hydrogens (primary N) is 1. The Morgan fingerprint density at radius 1 is 1.56 bits per heavy atom. The zero-order chi connectivity index (χ0) is 13.3. The normalized spacial score (nSPS) is 22.2. The van der Waals surface area contributed by atoms with Crippen LogP contribution in [-0.4, -0.2) is 23.4 Å². The lowest BCUT2D eigenvalue weighted by molar-refractivity contribution is -0.384. The Kier molecular flexibility index (Phi) is 3.52. The molecule has 5 heteroatoms. The van der Waals surface area contributed by atoms with Gasteiger partial charge in [0, 0.05) is 19.2 Å². The second-order valence-corrected chi connectivity index (χ2v) is 5.32. The molecule has 1 aromatic rings. The highest BCUT2D eigenvalue weighted by molar-refractivity contribution is 5.59. The van der Waals surface area contributed by atoms with Gasteiger partial charge in [-0.05, 0) is 36.9 Å². The first-order valence-corrected chi connectivity index (χ1v) is 6.18. The summed E-state index contributed by atoms with van der Waals surface area (Å²) >= 11 is 0. The Bertz CT molecular complexity index is 462. The number of anilines is 1. The van der Waals surface area contributed by atoms with Crippen LogP contribution in [0.1, 0.15) is 18.9 Å². The first-order chi connectivity index (χ1) is 8.47. The van der Waals surface area contributed by atoms with Gasteiger partial charge in [0.25, 0.3) is 5.69 Å². The average Bonchev–Trinajstić information content (AvgIpc) is 2.96. The van der Waals surface area contributed by atoms with Gasteiger partial charge < -0.3 is 10.6 Å². The van der Waals surface area contributed by atoms with E-state index in [0.29, 0.717) is 0 Å². The van der Waals surface area contributed by atoms with E-state index in [1.165, 1.54) is 6.42 Å². The molecular formula is C13H19N3O2. The highest BCUT2D eigenvalue weighted by Crippen LogP contribution is 2.38. The quantitative estimate of drug-likeness (QED) is 0.493. The second-order valence-electron chi connectivity index (χ2n) is 5.32. The number of nitro groups is 1. The predicted octanol–water partition coefficient (Wildman–Crippen LogP) is 2.26. The standard InChI is InChI=1S/C13H19N3O2/c1-9-5-11(9)8-15(2)7-10-3-4-12(14)13(6-10)16(17)18/h3-4,6,9,11H,5,7-8,14H2,1-2H3. The van der Waals surface area contributed by atoms with Gasteiger partial charge in [0.05, 0.1) is 4.92 Å². The van der Waals surface area contributed by atoms with Gasteiger partial charge in [0.2, 0.25) is 0 Å². The third-order valence-corrected chi connectivity index (χ3v) is 3.57. The minimum absolute atomic E-state index is 0.000639. The van der Waals surface area contributed by atoms with Crippen LogP contribution in [0.3, 0.4) is 0 Å². The minimum Gasteiger partial charge on any atom is -0.393 e. The fraction of sp³-hybridized carbons (Fsp3) is 0.538. The Morgan fingerprint density at radius 3 is 2.78 bits per heavy atom. The lowest BCUT2D eigenvalue weighted by Crippen LogP contribution is -2.21. The van der Waals surface area contributed by atoms with E-state index in [1.807, 2.05) is 13.1 Å². The highest BCUT2D eigenvalue weighted by atomic mass is 16.6. The van der Waals surface area contributed by atoms with E-state index in [4.69, 9.17) is 5.73 Å². The Morgan fingerprint density at radius 2 is 2.22 bits per heavy atom. The minimum atomic E-state index is -0.429. The number of nitrogens with zero attached hydrogens (tertiary/aromatic N) is 2. The van der Waals surface area contributed by atoms with Gasteiger partial charge in [0.15, 0.2) is 0 Å². The summed E-state index contributed by atoms with van der Waals surface area (Å²) in [7, 11) is 2.05.